The van der Waals surface area contributed by atoms with Crippen molar-refractivity contribution in [2.45, 2.75) is 70.2 Å². The van der Waals surface area contributed by atoms with E-state index >= 15 is 0 Å². The minimum absolute atomic E-state index is 0.0242. The van der Waals surface area contributed by atoms with Crippen molar-refractivity contribution in [3.05, 3.63) is 105 Å². The van der Waals surface area contributed by atoms with Crippen molar-refractivity contribution in [2.24, 2.45) is 5.92 Å². The molecule has 0 unspecified atom stereocenters. The SMILES string of the molecule is COc1cc(-c2cccc(-c3cccc4c3cnn4Cc3cc(OC)c(CN(C)C4CCC(C(=O)O)CC4)cc3[N+](=O)[O-])c2Cl)ccc1CNC[C@@H]1CCC(=O)N1. The molecule has 0 bridgehead atoms. The number of aromatic nitrogens is 2. The maximum Gasteiger partial charge on any atom is 0.306 e. The van der Waals surface area contributed by atoms with E-state index in [9.17, 15) is 24.8 Å². The number of nitro benzene ring substituents is 1. The molecule has 1 amide bonds. The van der Waals surface area contributed by atoms with Crippen LogP contribution in [-0.4, -0.2) is 76.5 Å². The minimum atomic E-state index is -0.749. The van der Waals surface area contributed by atoms with Crippen LogP contribution in [0.5, 0.6) is 11.5 Å². The summed E-state index contributed by atoms with van der Waals surface area (Å²) in [4.78, 5) is 37.2. The average molecular weight is 795 g/mol. The van der Waals surface area contributed by atoms with E-state index in [2.05, 4.69) is 15.5 Å². The van der Waals surface area contributed by atoms with Gasteiger partial charge in [-0.2, -0.15) is 5.10 Å². The lowest BCUT2D eigenvalue weighted by molar-refractivity contribution is -0.385. The van der Waals surface area contributed by atoms with Crippen LogP contribution >= 0.6 is 11.6 Å². The van der Waals surface area contributed by atoms with Crippen molar-refractivity contribution in [1.29, 1.82) is 0 Å². The zero-order chi connectivity index (χ0) is 40.2. The van der Waals surface area contributed by atoms with Gasteiger partial charge < -0.3 is 25.2 Å². The molecule has 0 radical (unpaired) electrons. The van der Waals surface area contributed by atoms with E-state index in [1.165, 1.54) is 0 Å². The molecule has 2 heterocycles. The molecule has 13 nitrogen and oxygen atoms in total. The number of nitrogens with zero attached hydrogens (tertiary/aromatic N) is 4. The van der Waals surface area contributed by atoms with E-state index in [4.69, 9.17) is 26.2 Å². The lowest BCUT2D eigenvalue weighted by Gasteiger charge is -2.33. The number of ether oxygens (including phenoxy) is 2. The Labute approximate surface area is 336 Å². The second kappa shape index (κ2) is 17.3. The molecule has 57 heavy (non-hydrogen) atoms. The number of halogens is 1. The number of carboxylic acids is 1. The van der Waals surface area contributed by atoms with Crippen molar-refractivity contribution in [1.82, 2.24) is 25.3 Å². The third-order valence-corrected chi connectivity index (χ3v) is 11.9. The molecular formula is C43H47ClN6O7. The molecule has 1 aliphatic carbocycles. The molecular weight excluding hydrogens is 748 g/mol. The number of hydrogen-bond donors (Lipinski definition) is 3. The van der Waals surface area contributed by atoms with Crippen LogP contribution in [0.15, 0.2) is 72.9 Å². The number of aliphatic carboxylic acids is 1. The predicted octanol–water partition coefficient (Wildman–Crippen LogP) is 7.44. The molecule has 298 valence electrons. The number of benzene rings is 4. The fourth-order valence-corrected chi connectivity index (χ4v) is 8.62. The lowest BCUT2D eigenvalue weighted by Crippen LogP contribution is -2.36. The second-order valence-corrected chi connectivity index (χ2v) is 15.4. The zero-order valence-electron chi connectivity index (χ0n) is 32.3. The topological polar surface area (TPSA) is 161 Å². The van der Waals surface area contributed by atoms with Gasteiger partial charge in [-0.1, -0.05) is 54.1 Å². The van der Waals surface area contributed by atoms with Crippen LogP contribution in [0.25, 0.3) is 33.2 Å². The van der Waals surface area contributed by atoms with Gasteiger partial charge in [0.25, 0.3) is 5.69 Å². The highest BCUT2D eigenvalue weighted by Crippen LogP contribution is 2.41. The number of nitro groups is 1. The van der Waals surface area contributed by atoms with Gasteiger partial charge in [0.15, 0.2) is 0 Å². The molecule has 1 saturated heterocycles. The summed E-state index contributed by atoms with van der Waals surface area (Å²) in [6.45, 7) is 1.84. The smallest absolute Gasteiger partial charge is 0.306 e. The van der Waals surface area contributed by atoms with Crippen molar-refractivity contribution >= 4 is 40.1 Å². The fraction of sp³-hybridized carbons (Fsp3) is 0.372. The second-order valence-electron chi connectivity index (χ2n) is 15.0. The van der Waals surface area contributed by atoms with Gasteiger partial charge in [-0.15, -0.1) is 0 Å². The monoisotopic (exact) mass is 794 g/mol. The van der Waals surface area contributed by atoms with E-state index in [0.29, 0.717) is 60.8 Å². The minimum Gasteiger partial charge on any atom is -0.496 e. The quantitative estimate of drug-likeness (QED) is 0.0718. The van der Waals surface area contributed by atoms with Gasteiger partial charge in [0.05, 0.1) is 53.9 Å². The van der Waals surface area contributed by atoms with E-state index in [-0.39, 0.29) is 41.1 Å². The summed E-state index contributed by atoms with van der Waals surface area (Å²) in [5, 5.41) is 34.4. The molecule has 7 rings (SSSR count). The summed E-state index contributed by atoms with van der Waals surface area (Å²) < 4.78 is 13.3. The van der Waals surface area contributed by atoms with Gasteiger partial charge in [0.2, 0.25) is 5.91 Å². The van der Waals surface area contributed by atoms with Gasteiger partial charge in [0.1, 0.15) is 11.5 Å². The number of carboxylic acid groups (broad SMARTS) is 1. The van der Waals surface area contributed by atoms with E-state index in [1.54, 1.807) is 37.2 Å². The van der Waals surface area contributed by atoms with Crippen LogP contribution in [0.1, 0.15) is 55.2 Å². The zero-order valence-corrected chi connectivity index (χ0v) is 33.1. The molecule has 0 spiro atoms. The maximum absolute atomic E-state index is 12.5. The molecule has 1 saturated carbocycles. The van der Waals surface area contributed by atoms with Crippen LogP contribution in [0.4, 0.5) is 5.69 Å². The van der Waals surface area contributed by atoms with Gasteiger partial charge in [-0.25, -0.2) is 0 Å². The first-order valence-electron chi connectivity index (χ1n) is 19.2. The first-order chi connectivity index (χ1) is 27.5. The van der Waals surface area contributed by atoms with Crippen LogP contribution in [-0.2, 0) is 29.2 Å². The summed E-state index contributed by atoms with van der Waals surface area (Å²) in [5.74, 6) is 0.301. The number of carbonyl (C=O) groups excluding carboxylic acids is 1. The van der Waals surface area contributed by atoms with E-state index < -0.39 is 5.97 Å². The molecule has 14 heteroatoms. The Balaban J connectivity index is 1.12. The van der Waals surface area contributed by atoms with Gasteiger partial charge >= 0.3 is 5.97 Å². The molecule has 1 aromatic heterocycles. The highest BCUT2D eigenvalue weighted by molar-refractivity contribution is 6.36. The highest BCUT2D eigenvalue weighted by atomic mass is 35.5. The summed E-state index contributed by atoms with van der Waals surface area (Å²) in [6.07, 6.45) is 5.90. The van der Waals surface area contributed by atoms with Crippen LogP contribution in [0.2, 0.25) is 5.02 Å². The highest BCUT2D eigenvalue weighted by Gasteiger charge is 2.29. The number of rotatable bonds is 15. The molecule has 2 aliphatic rings. The number of amides is 1. The Kier molecular flexibility index (Phi) is 12.1. The first-order valence-corrected chi connectivity index (χ1v) is 19.6. The maximum atomic E-state index is 12.5. The molecule has 3 N–H and O–H groups in total. The fourth-order valence-electron chi connectivity index (χ4n) is 8.28. The van der Waals surface area contributed by atoms with Crippen molar-refractivity contribution in [3.63, 3.8) is 0 Å². The van der Waals surface area contributed by atoms with Crippen molar-refractivity contribution < 1.29 is 29.1 Å². The molecule has 4 aromatic carbocycles. The predicted molar refractivity (Wildman–Crippen MR) is 219 cm³/mol. The van der Waals surface area contributed by atoms with Gasteiger partial charge in [0, 0.05) is 71.8 Å². The Morgan fingerprint density at radius 3 is 2.40 bits per heavy atom. The number of carbonyl (C=O) groups is 2. The number of hydrogen-bond acceptors (Lipinski definition) is 9. The lowest BCUT2D eigenvalue weighted by atomic mass is 9.85. The van der Waals surface area contributed by atoms with Gasteiger partial charge in [-0.05, 0) is 68.5 Å². The van der Waals surface area contributed by atoms with Crippen LogP contribution < -0.4 is 20.1 Å². The molecule has 5 aromatic rings. The molecule has 1 atom stereocenters. The average Bonchev–Trinajstić information content (AvgIpc) is 3.83. The Bertz CT molecular complexity index is 2300. The molecule has 2 fully saturated rings. The van der Waals surface area contributed by atoms with Crippen molar-refractivity contribution in [3.8, 4) is 33.8 Å². The Morgan fingerprint density at radius 2 is 1.70 bits per heavy atom. The summed E-state index contributed by atoms with van der Waals surface area (Å²) in [5.41, 5.74) is 6.34. The van der Waals surface area contributed by atoms with Crippen molar-refractivity contribution in [2.75, 3.05) is 27.8 Å². The number of fused-ring (bicyclic) bond motifs is 1. The summed E-state index contributed by atoms with van der Waals surface area (Å²) in [6, 6.07) is 21.4. The van der Waals surface area contributed by atoms with E-state index in [1.807, 2.05) is 61.6 Å². The number of methoxy groups -OCH3 is 2. The number of nitrogens with one attached hydrogen (secondary N) is 2. The first kappa shape index (κ1) is 39.7. The third-order valence-electron chi connectivity index (χ3n) is 11.5. The largest absolute Gasteiger partial charge is 0.496 e. The third kappa shape index (κ3) is 8.60. The molecule has 1 aliphatic heterocycles. The standard InChI is InChI=1S/C43H47ClN6O7/c1-48(32-15-12-26(13-16-32)43(52)53)24-30-18-38(50(54)55)29(20-40(30)57-3)25-49-37-9-5-7-34(36(37)23-46-49)35-8-4-6-33(42(35)44)27-10-11-28(39(19-27)56-2)21-45-22-31-14-17-41(51)47-31/h4-11,18-20,23,26,31-32,45H,12-17,21-22,24-25H2,1-3H3,(H,47,51)(H,52,53)/t26?,31-,32?/m0/s1. The Hall–Kier alpha value is -5.50. The Morgan fingerprint density at radius 1 is 0.982 bits per heavy atom. The normalized spacial score (nSPS) is 18.2. The summed E-state index contributed by atoms with van der Waals surface area (Å²) >= 11 is 7.20. The van der Waals surface area contributed by atoms with E-state index in [0.717, 1.165) is 63.7 Å². The van der Waals surface area contributed by atoms with Gasteiger partial charge in [-0.3, -0.25) is 29.3 Å². The summed E-state index contributed by atoms with van der Waals surface area (Å²) in [7, 11) is 5.17. The van der Waals surface area contributed by atoms with Crippen LogP contribution in [0, 0.1) is 16.0 Å². The van der Waals surface area contributed by atoms with Crippen LogP contribution in [0.3, 0.4) is 0 Å².